The minimum Gasteiger partial charge on any atom is -0.481 e. The maximum Gasteiger partial charge on any atom is 0.417 e. The van der Waals surface area contributed by atoms with Crippen LogP contribution in [0.25, 0.3) is 11.1 Å². The second kappa shape index (κ2) is 9.79. The normalized spacial score (nSPS) is 28.1. The molecule has 16 heteroatoms. The summed E-state index contributed by atoms with van der Waals surface area (Å²) in [4.78, 5) is 23.2. The van der Waals surface area contributed by atoms with Gasteiger partial charge in [-0.1, -0.05) is 18.2 Å². The SMILES string of the molecule is CO[C@@H]1C[C@H](S(=O)(=O)c2ccc(-c3ccc(S(N)(=O)=O)cc3)cc2C(F)(F)F)C[C@@]1(C(=O)O)C1CC1(C#N)C(N)=O. The number of alkyl halides is 3. The molecule has 2 fully saturated rings. The van der Waals surface area contributed by atoms with E-state index in [1.54, 1.807) is 6.07 Å². The molecule has 1 amide bonds. The Labute approximate surface area is 232 Å². The number of nitrogens with two attached hydrogens (primary N) is 2. The van der Waals surface area contributed by atoms with Crippen LogP contribution in [0.3, 0.4) is 0 Å². The lowest BCUT2D eigenvalue weighted by atomic mass is 9.75. The van der Waals surface area contributed by atoms with Crippen LogP contribution in [0.5, 0.6) is 0 Å². The number of amides is 1. The van der Waals surface area contributed by atoms with Crippen LogP contribution in [0.1, 0.15) is 24.8 Å². The van der Waals surface area contributed by atoms with Crippen LogP contribution in [0.15, 0.2) is 52.3 Å². The molecule has 0 heterocycles. The zero-order chi connectivity index (χ0) is 30.8. The number of carbonyl (C=O) groups excluding carboxylic acids is 1. The molecule has 2 aromatic carbocycles. The highest BCUT2D eigenvalue weighted by Gasteiger charge is 2.75. The van der Waals surface area contributed by atoms with Gasteiger partial charge >= 0.3 is 12.1 Å². The first-order chi connectivity index (χ1) is 18.9. The molecule has 0 radical (unpaired) electrons. The average molecular weight is 616 g/mol. The van der Waals surface area contributed by atoms with E-state index >= 15 is 0 Å². The molecule has 4 rings (SSSR count). The largest absolute Gasteiger partial charge is 0.481 e. The van der Waals surface area contributed by atoms with Gasteiger partial charge in [0.1, 0.15) is 10.8 Å². The third-order valence-electron chi connectivity index (χ3n) is 8.07. The fraction of sp³-hybridized carbons (Fsp3) is 0.400. The molecular weight excluding hydrogens is 591 g/mol. The summed E-state index contributed by atoms with van der Waals surface area (Å²) in [5.74, 6) is -3.84. The topological polar surface area (TPSA) is 208 Å². The van der Waals surface area contributed by atoms with Crippen molar-refractivity contribution >= 4 is 31.7 Å². The summed E-state index contributed by atoms with van der Waals surface area (Å²) in [7, 11) is -7.81. The number of methoxy groups -OCH3 is 1. The first-order valence-corrected chi connectivity index (χ1v) is 15.0. The van der Waals surface area contributed by atoms with Gasteiger partial charge in [0.25, 0.3) is 0 Å². The molecule has 2 aliphatic carbocycles. The van der Waals surface area contributed by atoms with E-state index in [-0.39, 0.29) is 22.4 Å². The van der Waals surface area contributed by atoms with Gasteiger partial charge in [-0.25, -0.2) is 22.0 Å². The smallest absolute Gasteiger partial charge is 0.417 e. The molecule has 2 saturated carbocycles. The van der Waals surface area contributed by atoms with Crippen molar-refractivity contribution in [3.8, 4) is 17.2 Å². The van der Waals surface area contributed by atoms with Crippen molar-refractivity contribution in [3.63, 3.8) is 0 Å². The van der Waals surface area contributed by atoms with Gasteiger partial charge < -0.3 is 15.6 Å². The number of sulfonamides is 1. The quantitative estimate of drug-likeness (QED) is 0.396. The van der Waals surface area contributed by atoms with Gasteiger partial charge in [-0.3, -0.25) is 9.59 Å². The highest BCUT2D eigenvalue weighted by molar-refractivity contribution is 7.92. The fourth-order valence-corrected chi connectivity index (χ4v) is 8.39. The molecule has 0 aliphatic heterocycles. The average Bonchev–Trinajstić information content (AvgIpc) is 3.52. The Hall–Kier alpha value is -3.52. The van der Waals surface area contributed by atoms with Gasteiger partial charge in [0, 0.05) is 13.0 Å². The number of nitrogens with zero attached hydrogens (tertiary/aromatic N) is 1. The van der Waals surface area contributed by atoms with Gasteiger partial charge in [-0.05, 0) is 54.7 Å². The van der Waals surface area contributed by atoms with Crippen LogP contribution in [-0.4, -0.2) is 52.3 Å². The predicted octanol–water partition coefficient (Wildman–Crippen LogP) is 2.06. The molecule has 2 aromatic rings. The number of aliphatic carboxylic acids is 1. The number of rotatable bonds is 8. The number of sulfone groups is 1. The first kappa shape index (κ1) is 30.4. The summed E-state index contributed by atoms with van der Waals surface area (Å²) in [6.07, 6.45) is -7.97. The monoisotopic (exact) mass is 615 g/mol. The van der Waals surface area contributed by atoms with Crippen molar-refractivity contribution in [1.29, 1.82) is 5.26 Å². The summed E-state index contributed by atoms with van der Waals surface area (Å²) in [6, 6.07) is 8.77. The molecule has 0 saturated heterocycles. The Kier molecular flexibility index (Phi) is 7.27. The summed E-state index contributed by atoms with van der Waals surface area (Å²) in [6.45, 7) is 0. The molecule has 2 unspecified atom stereocenters. The third-order valence-corrected chi connectivity index (χ3v) is 11.2. The lowest BCUT2D eigenvalue weighted by Gasteiger charge is -2.31. The molecule has 5 atom stereocenters. The van der Waals surface area contributed by atoms with Gasteiger partial charge in [-0.2, -0.15) is 18.4 Å². The lowest BCUT2D eigenvalue weighted by molar-refractivity contribution is -0.159. The highest BCUT2D eigenvalue weighted by atomic mass is 32.2. The fourth-order valence-electron chi connectivity index (χ4n) is 5.86. The Morgan fingerprint density at radius 3 is 2.10 bits per heavy atom. The number of hydrogen-bond acceptors (Lipinski definition) is 8. The molecule has 0 bridgehead atoms. The van der Waals surface area contributed by atoms with E-state index in [0.717, 1.165) is 31.4 Å². The van der Waals surface area contributed by atoms with Gasteiger partial charge in [0.15, 0.2) is 9.84 Å². The summed E-state index contributed by atoms with van der Waals surface area (Å²) in [5, 5.41) is 23.1. The van der Waals surface area contributed by atoms with Crippen LogP contribution in [0.2, 0.25) is 0 Å². The first-order valence-electron chi connectivity index (χ1n) is 11.9. The molecule has 41 heavy (non-hydrogen) atoms. The van der Waals surface area contributed by atoms with E-state index in [0.29, 0.717) is 6.07 Å². The van der Waals surface area contributed by atoms with E-state index < -0.39 is 89.3 Å². The Morgan fingerprint density at radius 2 is 1.66 bits per heavy atom. The predicted molar refractivity (Wildman–Crippen MR) is 135 cm³/mol. The van der Waals surface area contributed by atoms with Crippen molar-refractivity contribution in [2.24, 2.45) is 27.6 Å². The van der Waals surface area contributed by atoms with Crippen molar-refractivity contribution < 1.29 is 49.4 Å². The van der Waals surface area contributed by atoms with E-state index in [1.165, 1.54) is 12.1 Å². The Balaban J connectivity index is 1.78. The van der Waals surface area contributed by atoms with Crippen LogP contribution in [0, 0.1) is 28.1 Å². The standard InChI is InChI=1S/C25H24F3N3O8S2/c1-39-20-9-16(10-24(20,22(33)34)19-11-23(19,12-29)21(30)32)40(35,36)18-7-4-14(8-17(18)25(26,27)28)13-2-5-15(6-3-13)41(31,37)38/h2-8,16,19-20H,9-11H2,1H3,(H2,30,32)(H,33,34)(H2,31,37,38)/t16-,19?,20+,23?,24+/m0/s1. The van der Waals surface area contributed by atoms with Crippen molar-refractivity contribution in [2.75, 3.05) is 7.11 Å². The van der Waals surface area contributed by atoms with Crippen LogP contribution in [-0.2, 0) is 40.4 Å². The number of primary sulfonamides is 1. The number of hydrogen-bond donors (Lipinski definition) is 3. The lowest BCUT2D eigenvalue weighted by Crippen LogP contribution is -2.44. The number of halogens is 3. The number of carboxylic acids is 1. The third kappa shape index (κ3) is 4.86. The number of nitriles is 1. The number of ether oxygens (including phenoxy) is 1. The minimum atomic E-state index is -5.15. The summed E-state index contributed by atoms with van der Waals surface area (Å²) >= 11 is 0. The molecule has 2 aliphatic rings. The Morgan fingerprint density at radius 1 is 1.07 bits per heavy atom. The maximum atomic E-state index is 14.2. The van der Waals surface area contributed by atoms with Crippen molar-refractivity contribution in [1.82, 2.24) is 0 Å². The molecule has 0 aromatic heterocycles. The molecule has 5 N–H and O–H groups in total. The Bertz CT molecular complexity index is 1690. The number of primary amides is 1. The van der Waals surface area contributed by atoms with Gasteiger partial charge in [0.2, 0.25) is 15.9 Å². The van der Waals surface area contributed by atoms with Crippen LogP contribution < -0.4 is 10.9 Å². The molecule has 220 valence electrons. The van der Waals surface area contributed by atoms with E-state index in [1.807, 2.05) is 0 Å². The summed E-state index contributed by atoms with van der Waals surface area (Å²) < 4.78 is 98.3. The zero-order valence-corrected chi connectivity index (χ0v) is 22.9. The number of carbonyl (C=O) groups is 2. The van der Waals surface area contributed by atoms with E-state index in [2.05, 4.69) is 0 Å². The van der Waals surface area contributed by atoms with Crippen molar-refractivity contribution in [3.05, 3.63) is 48.0 Å². The van der Waals surface area contributed by atoms with Crippen molar-refractivity contribution in [2.45, 2.75) is 46.6 Å². The minimum absolute atomic E-state index is 0.0726. The maximum absolute atomic E-state index is 14.2. The van der Waals surface area contributed by atoms with E-state index in [4.69, 9.17) is 15.6 Å². The second-order valence-electron chi connectivity index (χ2n) is 10.2. The van der Waals surface area contributed by atoms with Gasteiger partial charge in [-0.15, -0.1) is 0 Å². The zero-order valence-electron chi connectivity index (χ0n) is 21.3. The molecule has 11 nitrogen and oxygen atoms in total. The number of carboxylic acid groups (broad SMARTS) is 1. The molecular formula is C25H24F3N3O8S2. The summed E-state index contributed by atoms with van der Waals surface area (Å²) in [5.41, 5.74) is -0.0357. The number of benzene rings is 2. The molecule has 0 spiro atoms. The van der Waals surface area contributed by atoms with Crippen LogP contribution in [0.4, 0.5) is 13.2 Å². The second-order valence-corrected chi connectivity index (χ2v) is 13.9. The van der Waals surface area contributed by atoms with Gasteiger partial charge in [0.05, 0.1) is 32.8 Å². The van der Waals surface area contributed by atoms with E-state index in [9.17, 15) is 50.0 Å². The highest BCUT2D eigenvalue weighted by Crippen LogP contribution is 2.66. The van der Waals surface area contributed by atoms with Crippen LogP contribution >= 0.6 is 0 Å².